The number of aliphatic imine (C=N–C) groups is 1. The van der Waals surface area contributed by atoms with Crippen LogP contribution in [0, 0.1) is 13.8 Å². The van der Waals surface area contributed by atoms with Crippen LogP contribution in [-0.4, -0.2) is 28.8 Å². The maximum atomic E-state index is 11.8. The van der Waals surface area contributed by atoms with Crippen LogP contribution in [0.15, 0.2) is 41.4 Å². The van der Waals surface area contributed by atoms with E-state index in [2.05, 4.69) is 4.99 Å². The lowest BCUT2D eigenvalue weighted by Crippen LogP contribution is -2.22. The van der Waals surface area contributed by atoms with Crippen LogP contribution in [0.3, 0.4) is 0 Å². The molecule has 0 atom stereocenters. The van der Waals surface area contributed by atoms with Crippen LogP contribution in [0.5, 0.6) is 11.5 Å². The fourth-order valence-electron chi connectivity index (χ4n) is 2.11. The van der Waals surface area contributed by atoms with Crippen molar-refractivity contribution in [2.24, 2.45) is 4.99 Å². The van der Waals surface area contributed by atoms with Gasteiger partial charge in [-0.05, 0) is 49.2 Å². The molecule has 0 aliphatic rings. The summed E-state index contributed by atoms with van der Waals surface area (Å²) >= 11 is 4.73. The van der Waals surface area contributed by atoms with Gasteiger partial charge in [0, 0.05) is 41.5 Å². The third-order valence-corrected chi connectivity index (χ3v) is 4.35. The molecular weight excluding hydrogens is 344 g/mol. The number of carbonyl (C=O) groups excluding carboxylic acids is 1. The Hall–Kier alpha value is -2.12. The molecule has 0 saturated heterocycles. The first-order valence-corrected chi connectivity index (χ1v) is 8.81. The number of rotatable bonds is 4. The lowest BCUT2D eigenvalue weighted by molar-refractivity contribution is 0.187. The number of amides is 1. The second kappa shape index (κ2) is 8.12. The molecule has 24 heavy (non-hydrogen) atoms. The first-order valence-electron chi connectivity index (χ1n) is 7.11. The molecule has 7 heteroatoms. The molecule has 1 radical (unpaired) electrons. The van der Waals surface area contributed by atoms with Crippen LogP contribution < -0.4 is 4.74 Å². The summed E-state index contributed by atoms with van der Waals surface area (Å²) in [4.78, 5) is 16.2. The van der Waals surface area contributed by atoms with E-state index in [1.54, 1.807) is 43.6 Å². The molecule has 1 amide bonds. The summed E-state index contributed by atoms with van der Waals surface area (Å²) in [6, 6.07) is 10.5. The highest BCUT2D eigenvalue weighted by Gasteiger charge is 2.13. The Morgan fingerprint density at radius 1 is 1.29 bits per heavy atom. The molecule has 1 N–H and O–H groups in total. The number of aryl methyl sites for hydroxylation is 2. The molecule has 5 nitrogen and oxygen atoms in total. The molecule has 125 valence electrons. The number of para-hydroxylation sites is 1. The molecule has 0 heterocycles. The van der Waals surface area contributed by atoms with E-state index in [4.69, 9.17) is 16.4 Å². The van der Waals surface area contributed by atoms with Gasteiger partial charge in [-0.2, -0.15) is 0 Å². The molecule has 0 saturated carbocycles. The van der Waals surface area contributed by atoms with Gasteiger partial charge in [0.1, 0.15) is 11.5 Å². The van der Waals surface area contributed by atoms with E-state index < -0.39 is 6.09 Å². The average molecular weight is 361 g/mol. The van der Waals surface area contributed by atoms with E-state index in [9.17, 15) is 9.90 Å². The van der Waals surface area contributed by atoms with Crippen molar-refractivity contribution in [2.75, 3.05) is 7.05 Å². The molecule has 0 aromatic heterocycles. The van der Waals surface area contributed by atoms with Gasteiger partial charge < -0.3 is 9.84 Å². The van der Waals surface area contributed by atoms with Crippen LogP contribution in [-0.2, 0) is 0 Å². The monoisotopic (exact) mass is 361 g/mol. The zero-order valence-electron chi connectivity index (χ0n) is 13.5. The summed E-state index contributed by atoms with van der Waals surface area (Å²) in [6.45, 7) is 3.76. The van der Waals surface area contributed by atoms with Crippen molar-refractivity contribution in [2.45, 2.75) is 13.8 Å². The van der Waals surface area contributed by atoms with Gasteiger partial charge in [0.25, 0.3) is 0 Å². The molecule has 0 spiro atoms. The summed E-state index contributed by atoms with van der Waals surface area (Å²) in [5.41, 5.74) is 3.12. The number of phenolic OH excluding ortho intramolecular Hbond substituents is 1. The molecule has 0 fully saturated rings. The minimum absolute atomic E-state index is 0.173. The van der Waals surface area contributed by atoms with Gasteiger partial charge in [-0.15, -0.1) is 0 Å². The van der Waals surface area contributed by atoms with Crippen molar-refractivity contribution in [3.8, 4) is 11.5 Å². The summed E-state index contributed by atoms with van der Waals surface area (Å²) in [7, 11) is 2.41. The summed E-state index contributed by atoms with van der Waals surface area (Å²) < 4.78 is 6.50. The number of hydrogen-bond donors (Lipinski definition) is 1. The van der Waals surface area contributed by atoms with Gasteiger partial charge in [0.05, 0.1) is 5.69 Å². The summed E-state index contributed by atoms with van der Waals surface area (Å²) in [5, 5.41) is 9.78. The zero-order chi connectivity index (χ0) is 17.7. The lowest BCUT2D eigenvalue weighted by atomic mass is 10.1. The van der Waals surface area contributed by atoms with Crippen molar-refractivity contribution >= 4 is 40.6 Å². The van der Waals surface area contributed by atoms with Gasteiger partial charge in [-0.3, -0.25) is 4.99 Å². The second-order valence-corrected chi connectivity index (χ2v) is 6.31. The van der Waals surface area contributed by atoms with Gasteiger partial charge in [0.2, 0.25) is 0 Å². The molecule has 2 aromatic carbocycles. The Kier molecular flexibility index (Phi) is 6.16. The van der Waals surface area contributed by atoms with Gasteiger partial charge in [-0.1, -0.05) is 12.1 Å². The first kappa shape index (κ1) is 18.2. The Balaban J connectivity index is 2.24. The van der Waals surface area contributed by atoms with Crippen molar-refractivity contribution in [1.29, 1.82) is 0 Å². The Labute approximate surface area is 150 Å². The third kappa shape index (κ3) is 4.46. The van der Waals surface area contributed by atoms with E-state index in [1.165, 1.54) is 4.31 Å². The van der Waals surface area contributed by atoms with E-state index >= 15 is 0 Å². The Morgan fingerprint density at radius 3 is 2.50 bits per heavy atom. The molecule has 0 aliphatic heterocycles. The number of carbonyl (C=O) groups is 1. The molecule has 2 aromatic rings. The summed E-state index contributed by atoms with van der Waals surface area (Å²) in [5.74, 6) is 0.610. The Bertz CT molecular complexity index is 755. The molecule has 2 rings (SSSR count). The number of phenols is 1. The number of hydrogen-bond acceptors (Lipinski definition) is 5. The zero-order valence-corrected chi connectivity index (χ0v) is 15.1. The highest BCUT2D eigenvalue weighted by Crippen LogP contribution is 2.29. The largest absolute Gasteiger partial charge is 0.507 e. The fourth-order valence-corrected chi connectivity index (χ4v) is 2.39. The first-order chi connectivity index (χ1) is 11.4. The molecule has 0 aliphatic carbocycles. The SMILES string of the molecule is Cc1cc(OC(=O)N(C)S[S])cc(C)c1N=Cc1ccccc1O. The smallest absolute Gasteiger partial charge is 0.425 e. The van der Waals surface area contributed by atoms with E-state index in [0.29, 0.717) is 11.3 Å². The van der Waals surface area contributed by atoms with Crippen molar-refractivity contribution < 1.29 is 14.6 Å². The van der Waals surface area contributed by atoms with Crippen LogP contribution >= 0.6 is 22.6 Å². The third-order valence-electron chi connectivity index (χ3n) is 3.31. The second-order valence-electron chi connectivity index (χ2n) is 5.16. The fraction of sp³-hybridized carbons (Fsp3) is 0.176. The molecular formula is C17H17N2O3S2. The number of ether oxygens (including phenoxy) is 1. The van der Waals surface area contributed by atoms with Crippen molar-refractivity contribution in [3.05, 3.63) is 53.1 Å². The topological polar surface area (TPSA) is 62.1 Å². The summed E-state index contributed by atoms with van der Waals surface area (Å²) in [6.07, 6.45) is 1.08. The van der Waals surface area contributed by atoms with Crippen LogP contribution in [0.2, 0.25) is 0 Å². The number of aromatic hydroxyl groups is 1. The maximum absolute atomic E-state index is 11.8. The predicted molar refractivity (Wildman–Crippen MR) is 100 cm³/mol. The molecule has 0 bridgehead atoms. The maximum Gasteiger partial charge on any atom is 0.425 e. The predicted octanol–water partition coefficient (Wildman–Crippen LogP) is 4.95. The minimum Gasteiger partial charge on any atom is -0.507 e. The highest BCUT2D eigenvalue weighted by molar-refractivity contribution is 8.67. The Morgan fingerprint density at radius 2 is 1.92 bits per heavy atom. The quantitative estimate of drug-likeness (QED) is 0.475. The number of nitrogens with zero attached hydrogens (tertiary/aromatic N) is 2. The number of benzene rings is 2. The van der Waals surface area contributed by atoms with Gasteiger partial charge >= 0.3 is 6.09 Å². The van der Waals surface area contributed by atoms with Crippen molar-refractivity contribution in [3.63, 3.8) is 0 Å². The lowest BCUT2D eigenvalue weighted by Gasteiger charge is -2.13. The van der Waals surface area contributed by atoms with Crippen LogP contribution in [0.1, 0.15) is 16.7 Å². The average Bonchev–Trinajstić information content (AvgIpc) is 2.54. The van der Waals surface area contributed by atoms with E-state index in [-0.39, 0.29) is 5.75 Å². The standard InChI is InChI=1S/C17H17N2O3S2/c1-11-8-14(22-17(21)19(3)24-23)9-12(2)16(11)18-10-13-6-4-5-7-15(13)20/h4-10,20H,1-3H3. The normalized spacial score (nSPS) is 10.8. The molecule has 0 unspecified atom stereocenters. The van der Waals surface area contributed by atoms with Crippen molar-refractivity contribution in [1.82, 2.24) is 4.31 Å². The van der Waals surface area contributed by atoms with E-state index in [1.807, 2.05) is 19.9 Å². The van der Waals surface area contributed by atoms with Crippen LogP contribution in [0.4, 0.5) is 10.5 Å². The van der Waals surface area contributed by atoms with E-state index in [0.717, 1.165) is 27.8 Å². The van der Waals surface area contributed by atoms with Gasteiger partial charge in [-0.25, -0.2) is 9.10 Å². The van der Waals surface area contributed by atoms with Gasteiger partial charge in [0.15, 0.2) is 0 Å². The highest BCUT2D eigenvalue weighted by atomic mass is 33.1. The minimum atomic E-state index is -0.528. The van der Waals surface area contributed by atoms with Crippen LogP contribution in [0.25, 0.3) is 0 Å².